The smallest absolute Gasteiger partial charge is 0.0159 e. The Morgan fingerprint density at radius 1 is 0.349 bits per heavy atom. The van der Waals surface area contributed by atoms with Crippen molar-refractivity contribution < 1.29 is 0 Å². The highest BCUT2D eigenvalue weighted by molar-refractivity contribution is 6.25. The SMILES string of the molecule is CC1(C)c2ccccc2-c2ccc(-c3cc4cc(-c5ccc6ccccc6c5)c5ccccc5c4c4ccccc34)cc21. The highest BCUT2D eigenvalue weighted by atomic mass is 14.4. The van der Waals surface area contributed by atoms with Crippen molar-refractivity contribution in [3.8, 4) is 33.4 Å². The van der Waals surface area contributed by atoms with Crippen LogP contribution >= 0.6 is 0 Å². The summed E-state index contributed by atoms with van der Waals surface area (Å²) in [7, 11) is 0. The first-order valence-corrected chi connectivity index (χ1v) is 15.2. The van der Waals surface area contributed by atoms with E-state index in [1.807, 2.05) is 0 Å². The lowest BCUT2D eigenvalue weighted by molar-refractivity contribution is 0.660. The van der Waals surface area contributed by atoms with Gasteiger partial charge in [-0.15, -0.1) is 0 Å². The second-order valence-corrected chi connectivity index (χ2v) is 12.5. The van der Waals surface area contributed by atoms with E-state index in [9.17, 15) is 0 Å². The van der Waals surface area contributed by atoms with Crippen molar-refractivity contribution in [3.05, 3.63) is 157 Å². The van der Waals surface area contributed by atoms with Crippen LogP contribution in [0.5, 0.6) is 0 Å². The zero-order valence-electron chi connectivity index (χ0n) is 24.4. The number of benzene rings is 8. The molecular weight excluding hydrogens is 516 g/mol. The van der Waals surface area contributed by atoms with Crippen molar-refractivity contribution in [2.24, 2.45) is 0 Å². The largest absolute Gasteiger partial charge is 0.0619 e. The minimum absolute atomic E-state index is 0.0337. The zero-order valence-corrected chi connectivity index (χ0v) is 24.4. The van der Waals surface area contributed by atoms with E-state index in [2.05, 4.69) is 159 Å². The average molecular weight is 547 g/mol. The topological polar surface area (TPSA) is 0 Å². The third-order valence-corrected chi connectivity index (χ3v) is 9.82. The van der Waals surface area contributed by atoms with Crippen molar-refractivity contribution in [1.82, 2.24) is 0 Å². The predicted molar refractivity (Wildman–Crippen MR) is 185 cm³/mol. The van der Waals surface area contributed by atoms with Crippen LogP contribution in [0.25, 0.3) is 76.5 Å². The van der Waals surface area contributed by atoms with E-state index >= 15 is 0 Å². The fraction of sp³-hybridized carbons (Fsp3) is 0.0698. The Hall–Kier alpha value is -5.20. The van der Waals surface area contributed by atoms with Crippen LogP contribution in [0.1, 0.15) is 25.0 Å². The molecule has 0 radical (unpaired) electrons. The lowest BCUT2D eigenvalue weighted by atomic mass is 9.81. The number of fused-ring (bicyclic) bond motifs is 9. The Balaban J connectivity index is 1.34. The summed E-state index contributed by atoms with van der Waals surface area (Å²) in [5, 5.41) is 10.3. The van der Waals surface area contributed by atoms with Gasteiger partial charge < -0.3 is 0 Å². The predicted octanol–water partition coefficient (Wildman–Crippen LogP) is 11.9. The van der Waals surface area contributed by atoms with Gasteiger partial charge >= 0.3 is 0 Å². The molecule has 0 heteroatoms. The Morgan fingerprint density at radius 2 is 0.884 bits per heavy atom. The second kappa shape index (κ2) is 8.90. The molecule has 0 amide bonds. The molecule has 202 valence electrons. The van der Waals surface area contributed by atoms with E-state index in [-0.39, 0.29) is 5.41 Å². The summed E-state index contributed by atoms with van der Waals surface area (Å²) in [6, 6.07) is 54.2. The number of rotatable bonds is 2. The van der Waals surface area contributed by atoms with Crippen LogP contribution in [0.15, 0.2) is 146 Å². The summed E-state index contributed by atoms with van der Waals surface area (Å²) in [4.78, 5) is 0. The normalized spacial score (nSPS) is 13.5. The molecule has 0 saturated carbocycles. The standard InChI is InChI=1S/C43H30/c1-43(2)40-18-10-9-15-34(40)35-22-21-30(26-41(35)43)39-25-31-24-38(29-20-19-27-11-3-4-12-28(27)23-29)32-13-5-7-16-36(32)42(31)37-17-8-6-14-33(37)39/h3-26H,1-2H3. The molecule has 0 aliphatic heterocycles. The second-order valence-electron chi connectivity index (χ2n) is 12.5. The maximum absolute atomic E-state index is 2.45. The highest BCUT2D eigenvalue weighted by Gasteiger charge is 2.35. The van der Waals surface area contributed by atoms with Crippen LogP contribution in [-0.4, -0.2) is 0 Å². The summed E-state index contributed by atoms with van der Waals surface area (Å²) >= 11 is 0. The number of hydrogen-bond acceptors (Lipinski definition) is 0. The first-order valence-electron chi connectivity index (χ1n) is 15.2. The monoisotopic (exact) mass is 546 g/mol. The van der Waals surface area contributed by atoms with Gasteiger partial charge in [0.25, 0.3) is 0 Å². The summed E-state index contributed by atoms with van der Waals surface area (Å²) in [5.74, 6) is 0. The molecule has 8 aromatic rings. The summed E-state index contributed by atoms with van der Waals surface area (Å²) < 4.78 is 0. The Bertz CT molecular complexity index is 2420. The molecule has 1 aliphatic rings. The Kier molecular flexibility index (Phi) is 5.05. The van der Waals surface area contributed by atoms with E-state index in [0.29, 0.717) is 0 Å². The Labute approximate surface area is 251 Å². The van der Waals surface area contributed by atoms with Gasteiger partial charge in [-0.1, -0.05) is 135 Å². The fourth-order valence-electron chi connectivity index (χ4n) is 7.69. The van der Waals surface area contributed by atoms with Gasteiger partial charge in [-0.25, -0.2) is 0 Å². The van der Waals surface area contributed by atoms with Crippen molar-refractivity contribution in [1.29, 1.82) is 0 Å². The first kappa shape index (κ1) is 24.4. The molecule has 0 unspecified atom stereocenters. The van der Waals surface area contributed by atoms with E-state index in [1.54, 1.807) is 0 Å². The summed E-state index contributed by atoms with van der Waals surface area (Å²) in [6.45, 7) is 4.73. The first-order chi connectivity index (χ1) is 21.1. The molecule has 0 spiro atoms. The van der Waals surface area contributed by atoms with Crippen molar-refractivity contribution in [2.75, 3.05) is 0 Å². The van der Waals surface area contributed by atoms with Crippen LogP contribution in [0, 0.1) is 0 Å². The maximum atomic E-state index is 2.45. The molecule has 1 aliphatic carbocycles. The molecular formula is C43H30. The molecule has 0 nitrogen and oxygen atoms in total. The minimum Gasteiger partial charge on any atom is -0.0619 e. The van der Waals surface area contributed by atoms with E-state index in [1.165, 1.54) is 87.6 Å². The molecule has 8 aromatic carbocycles. The van der Waals surface area contributed by atoms with Gasteiger partial charge in [0, 0.05) is 5.41 Å². The molecule has 43 heavy (non-hydrogen) atoms. The molecule has 0 saturated heterocycles. The molecule has 0 fully saturated rings. The maximum Gasteiger partial charge on any atom is 0.0159 e. The van der Waals surface area contributed by atoms with Crippen molar-refractivity contribution in [2.45, 2.75) is 19.3 Å². The Morgan fingerprint density at radius 3 is 1.60 bits per heavy atom. The molecule has 0 bridgehead atoms. The van der Waals surface area contributed by atoms with E-state index < -0.39 is 0 Å². The van der Waals surface area contributed by atoms with E-state index in [4.69, 9.17) is 0 Å². The van der Waals surface area contributed by atoms with Gasteiger partial charge in [0.05, 0.1) is 0 Å². The van der Waals surface area contributed by atoms with Gasteiger partial charge in [-0.05, 0) is 112 Å². The number of hydrogen-bond donors (Lipinski definition) is 0. The van der Waals surface area contributed by atoms with Gasteiger partial charge in [0.2, 0.25) is 0 Å². The van der Waals surface area contributed by atoms with Crippen LogP contribution < -0.4 is 0 Å². The van der Waals surface area contributed by atoms with Gasteiger partial charge in [-0.3, -0.25) is 0 Å². The molecule has 9 rings (SSSR count). The third-order valence-electron chi connectivity index (χ3n) is 9.82. The van der Waals surface area contributed by atoms with Crippen molar-refractivity contribution >= 4 is 43.1 Å². The molecule has 0 heterocycles. The van der Waals surface area contributed by atoms with Gasteiger partial charge in [0.1, 0.15) is 0 Å². The summed E-state index contributed by atoms with van der Waals surface area (Å²) in [5.41, 5.74) is 10.6. The quantitative estimate of drug-likeness (QED) is 0.189. The molecule has 0 N–H and O–H groups in total. The van der Waals surface area contributed by atoms with Crippen LogP contribution in [0.3, 0.4) is 0 Å². The fourth-order valence-corrected chi connectivity index (χ4v) is 7.69. The van der Waals surface area contributed by atoms with Gasteiger partial charge in [-0.2, -0.15) is 0 Å². The van der Waals surface area contributed by atoms with Crippen LogP contribution in [0.2, 0.25) is 0 Å². The lowest BCUT2D eigenvalue weighted by Crippen LogP contribution is -2.14. The van der Waals surface area contributed by atoms with E-state index in [0.717, 1.165) is 0 Å². The third kappa shape index (κ3) is 3.50. The van der Waals surface area contributed by atoms with Crippen molar-refractivity contribution in [3.63, 3.8) is 0 Å². The molecule has 0 atom stereocenters. The zero-order chi connectivity index (χ0) is 28.7. The minimum atomic E-state index is -0.0337. The summed E-state index contributed by atoms with van der Waals surface area (Å²) in [6.07, 6.45) is 0. The van der Waals surface area contributed by atoms with Crippen LogP contribution in [0.4, 0.5) is 0 Å². The lowest BCUT2D eigenvalue weighted by Gasteiger charge is -2.22. The highest BCUT2D eigenvalue weighted by Crippen LogP contribution is 2.50. The van der Waals surface area contributed by atoms with Gasteiger partial charge in [0.15, 0.2) is 0 Å². The van der Waals surface area contributed by atoms with Crippen LogP contribution in [-0.2, 0) is 5.41 Å². The average Bonchev–Trinajstić information content (AvgIpc) is 3.29. The molecule has 0 aromatic heterocycles.